The van der Waals surface area contributed by atoms with Crippen molar-refractivity contribution >= 4 is 16.7 Å². The van der Waals surface area contributed by atoms with Crippen LogP contribution in [-0.2, 0) is 13.2 Å². The molecule has 0 aliphatic heterocycles. The molecule has 0 spiro atoms. The topological polar surface area (TPSA) is 56.7 Å². The average Bonchev–Trinajstić information content (AvgIpc) is 2.71. The normalized spacial score (nSPS) is 12.8. The predicted molar refractivity (Wildman–Crippen MR) is 108 cm³/mol. The van der Waals surface area contributed by atoms with Crippen molar-refractivity contribution in [2.24, 2.45) is 4.99 Å². The summed E-state index contributed by atoms with van der Waals surface area (Å²) in [6.45, 7) is 2.25. The third-order valence-electron chi connectivity index (χ3n) is 4.59. The maximum Gasteiger partial charge on any atom is 0.191 e. The van der Waals surface area contributed by atoms with Crippen molar-refractivity contribution in [1.29, 1.82) is 0 Å². The van der Waals surface area contributed by atoms with Crippen LogP contribution in [0.1, 0.15) is 29.7 Å². The smallest absolute Gasteiger partial charge is 0.191 e. The van der Waals surface area contributed by atoms with Crippen molar-refractivity contribution in [3.05, 3.63) is 83.2 Å². The van der Waals surface area contributed by atoms with Crippen LogP contribution >= 0.6 is 0 Å². The molecule has 4 nitrogen and oxygen atoms in total. The Hall–Kier alpha value is -2.92. The minimum atomic E-state index is -0.395. The Morgan fingerprint density at radius 1 is 1.07 bits per heavy atom. The molecule has 3 N–H and O–H groups in total. The summed E-state index contributed by atoms with van der Waals surface area (Å²) >= 11 is 0. The number of guanidine groups is 1. The van der Waals surface area contributed by atoms with Gasteiger partial charge in [0.15, 0.2) is 5.96 Å². The summed E-state index contributed by atoms with van der Waals surface area (Å²) in [4.78, 5) is 4.26. The van der Waals surface area contributed by atoms with Gasteiger partial charge in [0.05, 0.1) is 12.6 Å². The molecule has 0 saturated carbocycles. The van der Waals surface area contributed by atoms with Gasteiger partial charge < -0.3 is 15.7 Å². The number of aliphatic hydroxyl groups is 1. The van der Waals surface area contributed by atoms with E-state index in [0.717, 1.165) is 5.56 Å². The molecule has 3 aromatic carbocycles. The van der Waals surface area contributed by atoms with E-state index in [9.17, 15) is 9.50 Å². The van der Waals surface area contributed by atoms with Crippen molar-refractivity contribution in [1.82, 2.24) is 10.6 Å². The molecule has 3 rings (SSSR count). The monoisotopic (exact) mass is 365 g/mol. The number of rotatable bonds is 5. The lowest BCUT2D eigenvalue weighted by Crippen LogP contribution is -2.38. The third-order valence-corrected chi connectivity index (χ3v) is 4.59. The van der Waals surface area contributed by atoms with Gasteiger partial charge in [-0.1, -0.05) is 42.5 Å². The van der Waals surface area contributed by atoms with Gasteiger partial charge in [-0.2, -0.15) is 0 Å². The van der Waals surface area contributed by atoms with Crippen LogP contribution in [0.5, 0.6) is 0 Å². The van der Waals surface area contributed by atoms with Gasteiger partial charge in [-0.3, -0.25) is 4.99 Å². The SMILES string of the molecule is CN=C(NCc1ccc(F)c(CO)c1)NC(C)c1ccc2ccccc2c1. The van der Waals surface area contributed by atoms with E-state index in [2.05, 4.69) is 52.9 Å². The summed E-state index contributed by atoms with van der Waals surface area (Å²) in [5.41, 5.74) is 2.34. The molecule has 0 amide bonds. The largest absolute Gasteiger partial charge is 0.392 e. The lowest BCUT2D eigenvalue weighted by atomic mass is 10.0. The van der Waals surface area contributed by atoms with Gasteiger partial charge >= 0.3 is 0 Å². The van der Waals surface area contributed by atoms with E-state index >= 15 is 0 Å². The van der Waals surface area contributed by atoms with E-state index in [1.54, 1.807) is 19.2 Å². The number of hydrogen-bond acceptors (Lipinski definition) is 2. The van der Waals surface area contributed by atoms with Crippen molar-refractivity contribution < 1.29 is 9.50 Å². The maximum absolute atomic E-state index is 13.5. The second-order valence-electron chi connectivity index (χ2n) is 6.48. The first-order valence-electron chi connectivity index (χ1n) is 8.94. The maximum atomic E-state index is 13.5. The Labute approximate surface area is 158 Å². The molecule has 0 aliphatic carbocycles. The number of benzene rings is 3. The summed E-state index contributed by atoms with van der Waals surface area (Å²) in [6, 6.07) is 19.5. The second-order valence-corrected chi connectivity index (χ2v) is 6.48. The molecule has 1 unspecified atom stereocenters. The minimum Gasteiger partial charge on any atom is -0.392 e. The zero-order chi connectivity index (χ0) is 19.2. The quantitative estimate of drug-likeness (QED) is 0.475. The van der Waals surface area contributed by atoms with Gasteiger partial charge in [0, 0.05) is 19.2 Å². The first-order chi connectivity index (χ1) is 13.1. The van der Waals surface area contributed by atoms with Crippen molar-refractivity contribution in [2.75, 3.05) is 7.05 Å². The first-order valence-corrected chi connectivity index (χ1v) is 8.94. The molecule has 27 heavy (non-hydrogen) atoms. The van der Waals surface area contributed by atoms with Gasteiger partial charge in [-0.15, -0.1) is 0 Å². The van der Waals surface area contributed by atoms with Crippen LogP contribution in [0.3, 0.4) is 0 Å². The highest BCUT2D eigenvalue weighted by Gasteiger charge is 2.09. The highest BCUT2D eigenvalue weighted by Crippen LogP contribution is 2.20. The zero-order valence-electron chi connectivity index (χ0n) is 15.5. The fourth-order valence-corrected chi connectivity index (χ4v) is 3.01. The molecular formula is C22H24FN3O. The van der Waals surface area contributed by atoms with Crippen LogP contribution in [0.4, 0.5) is 4.39 Å². The summed E-state index contributed by atoms with van der Waals surface area (Å²) < 4.78 is 13.5. The zero-order valence-corrected chi connectivity index (χ0v) is 15.5. The van der Waals surface area contributed by atoms with Gasteiger partial charge in [-0.25, -0.2) is 4.39 Å². The standard InChI is InChI=1S/C22H24FN3O/c1-15(18-9-8-17-5-3-4-6-19(17)12-18)26-22(24-2)25-13-16-7-10-21(23)20(11-16)14-27/h3-12,15,27H,13-14H2,1-2H3,(H2,24,25,26). The minimum absolute atomic E-state index is 0.0713. The Morgan fingerprint density at radius 2 is 1.85 bits per heavy atom. The highest BCUT2D eigenvalue weighted by molar-refractivity contribution is 5.84. The molecule has 0 aliphatic rings. The van der Waals surface area contributed by atoms with E-state index in [0.29, 0.717) is 18.1 Å². The molecular weight excluding hydrogens is 341 g/mol. The summed E-state index contributed by atoms with van der Waals surface area (Å²) in [5.74, 6) is 0.263. The van der Waals surface area contributed by atoms with Crippen LogP contribution in [-0.4, -0.2) is 18.1 Å². The lowest BCUT2D eigenvalue weighted by Gasteiger charge is -2.19. The Bertz CT molecular complexity index is 955. The number of nitrogens with one attached hydrogen (secondary N) is 2. The van der Waals surface area contributed by atoms with E-state index in [1.807, 2.05) is 12.1 Å². The highest BCUT2D eigenvalue weighted by atomic mass is 19.1. The molecule has 140 valence electrons. The molecule has 5 heteroatoms. The average molecular weight is 365 g/mol. The molecule has 0 radical (unpaired) electrons. The first kappa shape index (κ1) is 18.9. The summed E-state index contributed by atoms with van der Waals surface area (Å²) in [6.07, 6.45) is 0. The van der Waals surface area contributed by atoms with Crippen LogP contribution in [0.2, 0.25) is 0 Å². The van der Waals surface area contributed by atoms with E-state index < -0.39 is 5.82 Å². The molecule has 0 aromatic heterocycles. The second kappa shape index (κ2) is 8.64. The van der Waals surface area contributed by atoms with E-state index in [-0.39, 0.29) is 12.6 Å². The fourth-order valence-electron chi connectivity index (χ4n) is 3.01. The van der Waals surface area contributed by atoms with Crippen LogP contribution in [0, 0.1) is 5.82 Å². The fraction of sp³-hybridized carbons (Fsp3) is 0.227. The number of nitrogens with zero attached hydrogens (tertiary/aromatic N) is 1. The van der Waals surface area contributed by atoms with Gasteiger partial charge in [0.1, 0.15) is 5.82 Å². The Kier molecular flexibility index (Phi) is 6.04. The number of fused-ring (bicyclic) bond motifs is 1. The number of aliphatic hydroxyl groups excluding tert-OH is 1. The molecule has 0 bridgehead atoms. The molecule has 3 aromatic rings. The Morgan fingerprint density at radius 3 is 2.59 bits per heavy atom. The third kappa shape index (κ3) is 4.63. The van der Waals surface area contributed by atoms with Crippen LogP contribution in [0.15, 0.2) is 65.7 Å². The molecule has 1 atom stereocenters. The molecule has 0 saturated heterocycles. The Balaban J connectivity index is 1.65. The van der Waals surface area contributed by atoms with E-state index in [4.69, 9.17) is 0 Å². The van der Waals surface area contributed by atoms with Gasteiger partial charge in [-0.05, 0) is 47.0 Å². The van der Waals surface area contributed by atoms with Gasteiger partial charge in [0.2, 0.25) is 0 Å². The van der Waals surface area contributed by atoms with Crippen molar-refractivity contribution in [3.63, 3.8) is 0 Å². The lowest BCUT2D eigenvalue weighted by molar-refractivity contribution is 0.275. The van der Waals surface area contributed by atoms with E-state index in [1.165, 1.54) is 22.4 Å². The van der Waals surface area contributed by atoms with Gasteiger partial charge in [0.25, 0.3) is 0 Å². The van der Waals surface area contributed by atoms with Crippen LogP contribution < -0.4 is 10.6 Å². The number of aliphatic imine (C=N–C) groups is 1. The number of hydrogen-bond donors (Lipinski definition) is 3. The number of halogens is 1. The summed E-state index contributed by atoms with van der Waals surface area (Å²) in [5, 5.41) is 18.2. The van der Waals surface area contributed by atoms with Crippen molar-refractivity contribution in [3.8, 4) is 0 Å². The molecule has 0 heterocycles. The summed E-state index contributed by atoms with van der Waals surface area (Å²) in [7, 11) is 1.71. The van der Waals surface area contributed by atoms with Crippen molar-refractivity contribution in [2.45, 2.75) is 26.1 Å². The predicted octanol–water partition coefficient (Wildman–Crippen LogP) is 3.90. The molecule has 0 fully saturated rings. The van der Waals surface area contributed by atoms with Crippen LogP contribution in [0.25, 0.3) is 10.8 Å².